The molecule has 1 atom stereocenters. The van der Waals surface area contributed by atoms with Gasteiger partial charge in [0.15, 0.2) is 5.96 Å². The molecule has 0 rings (SSSR count). The number of carbonyl (C=O) groups is 2. The topological polar surface area (TPSA) is 131 Å². The third kappa shape index (κ3) is 23.6. The van der Waals surface area contributed by atoms with E-state index in [2.05, 4.69) is 29.4 Å². The van der Waals surface area contributed by atoms with Crippen LogP contribution in [-0.2, 0) is 9.59 Å². The number of allylic oxidation sites excluding steroid dienone is 11. The summed E-state index contributed by atoms with van der Waals surface area (Å²) in [5.41, 5.74) is 10.4. The Labute approximate surface area is 211 Å². The summed E-state index contributed by atoms with van der Waals surface area (Å²) in [5, 5.41) is 11.7. The molecule has 0 heterocycles. The number of carboxylic acids is 1. The van der Waals surface area contributed by atoms with Crippen LogP contribution in [-0.4, -0.2) is 35.5 Å². The molecular weight excluding hydrogens is 440 g/mol. The van der Waals surface area contributed by atoms with Crippen LogP contribution in [0.5, 0.6) is 0 Å². The highest BCUT2D eigenvalue weighted by atomic mass is 16.4. The van der Waals surface area contributed by atoms with Crippen molar-refractivity contribution in [2.24, 2.45) is 16.5 Å². The molecule has 1 amide bonds. The molecule has 6 N–H and O–H groups in total. The summed E-state index contributed by atoms with van der Waals surface area (Å²) >= 11 is 0. The second-order valence-electron chi connectivity index (χ2n) is 8.09. The Morgan fingerprint density at radius 2 is 1.34 bits per heavy atom. The maximum atomic E-state index is 11.9. The van der Waals surface area contributed by atoms with Crippen molar-refractivity contribution in [2.45, 2.75) is 77.2 Å². The first-order chi connectivity index (χ1) is 17.0. The molecule has 0 aromatic heterocycles. The van der Waals surface area contributed by atoms with Crippen molar-refractivity contribution in [2.75, 3.05) is 6.54 Å². The maximum absolute atomic E-state index is 11.9. The van der Waals surface area contributed by atoms with E-state index in [1.807, 2.05) is 36.5 Å². The molecule has 0 saturated heterocycles. The fraction of sp³-hybridized carbons (Fsp3) is 0.464. The molecular formula is C28H44N4O3. The summed E-state index contributed by atoms with van der Waals surface area (Å²) in [4.78, 5) is 26.9. The largest absolute Gasteiger partial charge is 0.480 e. The number of guanidine groups is 1. The Balaban J connectivity index is 4.03. The molecule has 7 nitrogen and oxygen atoms in total. The minimum Gasteiger partial charge on any atom is -0.480 e. The van der Waals surface area contributed by atoms with Gasteiger partial charge in [-0.25, -0.2) is 4.79 Å². The summed E-state index contributed by atoms with van der Waals surface area (Å²) in [6.45, 7) is 2.56. The average molecular weight is 485 g/mol. The van der Waals surface area contributed by atoms with Crippen molar-refractivity contribution < 1.29 is 14.7 Å². The van der Waals surface area contributed by atoms with E-state index in [0.29, 0.717) is 13.0 Å². The van der Waals surface area contributed by atoms with Gasteiger partial charge in [0.05, 0.1) is 0 Å². The number of amides is 1. The van der Waals surface area contributed by atoms with Gasteiger partial charge in [0.1, 0.15) is 6.04 Å². The molecule has 7 heteroatoms. The number of aliphatic imine (C=N–C) groups is 1. The Bertz CT molecular complexity index is 773. The number of nitrogens with zero attached hydrogens (tertiary/aromatic N) is 1. The van der Waals surface area contributed by atoms with Crippen molar-refractivity contribution in [3.63, 3.8) is 0 Å². The first-order valence-corrected chi connectivity index (χ1v) is 12.6. The lowest BCUT2D eigenvalue weighted by molar-refractivity contribution is -0.141. The molecule has 0 aromatic rings. The Morgan fingerprint density at radius 3 is 1.91 bits per heavy atom. The van der Waals surface area contributed by atoms with Crippen LogP contribution in [0.1, 0.15) is 71.1 Å². The molecule has 0 spiro atoms. The van der Waals surface area contributed by atoms with Gasteiger partial charge in [-0.05, 0) is 25.7 Å². The van der Waals surface area contributed by atoms with Gasteiger partial charge in [-0.2, -0.15) is 0 Å². The van der Waals surface area contributed by atoms with Gasteiger partial charge in [-0.15, -0.1) is 0 Å². The van der Waals surface area contributed by atoms with Crippen LogP contribution in [0.25, 0.3) is 0 Å². The molecule has 0 aliphatic heterocycles. The fourth-order valence-electron chi connectivity index (χ4n) is 3.03. The van der Waals surface area contributed by atoms with Crippen molar-refractivity contribution in [3.05, 3.63) is 72.9 Å². The monoisotopic (exact) mass is 484 g/mol. The van der Waals surface area contributed by atoms with E-state index in [0.717, 1.165) is 6.42 Å². The van der Waals surface area contributed by atoms with Crippen LogP contribution in [0.3, 0.4) is 0 Å². The third-order valence-electron chi connectivity index (χ3n) is 4.92. The standard InChI is InChI=1S/C28H44N4O3/c1-2-3-4-5-6-7-8-9-10-11-12-13-14-15-16-17-18-19-20-23-26(33)32-25(27(34)35)22-21-24-31-28(29)30/h10-20,23,25H,2-9,21-22,24H2,1H3,(H,32,33)(H,34,35)(H4,29,30,31)/t25-/m0/s1. The number of unbranched alkanes of at least 4 members (excludes halogenated alkanes) is 7. The quantitative estimate of drug-likeness (QED) is 0.0629. The summed E-state index contributed by atoms with van der Waals surface area (Å²) in [6.07, 6.45) is 33.4. The van der Waals surface area contributed by atoms with Crippen LogP contribution in [0, 0.1) is 0 Å². The third-order valence-corrected chi connectivity index (χ3v) is 4.92. The lowest BCUT2D eigenvalue weighted by atomic mass is 10.1. The molecule has 194 valence electrons. The smallest absolute Gasteiger partial charge is 0.326 e. The minimum atomic E-state index is -1.10. The van der Waals surface area contributed by atoms with Gasteiger partial charge >= 0.3 is 5.97 Å². The van der Waals surface area contributed by atoms with E-state index < -0.39 is 17.9 Å². The summed E-state index contributed by atoms with van der Waals surface area (Å²) in [6, 6.07) is -0.987. The maximum Gasteiger partial charge on any atom is 0.326 e. The number of carboxylic acid groups (broad SMARTS) is 1. The molecule has 0 aliphatic carbocycles. The molecule has 0 aromatic carbocycles. The second-order valence-corrected chi connectivity index (χ2v) is 8.09. The van der Waals surface area contributed by atoms with Crippen LogP contribution >= 0.6 is 0 Å². The second kappa shape index (κ2) is 23.8. The molecule has 0 fully saturated rings. The van der Waals surface area contributed by atoms with E-state index in [9.17, 15) is 14.7 Å². The van der Waals surface area contributed by atoms with Gasteiger partial charge in [0, 0.05) is 12.6 Å². The van der Waals surface area contributed by atoms with Crippen molar-refractivity contribution in [1.29, 1.82) is 0 Å². The van der Waals surface area contributed by atoms with Gasteiger partial charge < -0.3 is 21.9 Å². The van der Waals surface area contributed by atoms with Gasteiger partial charge in [-0.1, -0.05) is 112 Å². The van der Waals surface area contributed by atoms with Crippen LogP contribution in [0.15, 0.2) is 77.9 Å². The summed E-state index contributed by atoms with van der Waals surface area (Å²) in [5.74, 6) is -1.62. The van der Waals surface area contributed by atoms with E-state index in [4.69, 9.17) is 11.5 Å². The van der Waals surface area contributed by atoms with E-state index >= 15 is 0 Å². The Hall–Kier alpha value is -3.35. The normalized spacial score (nSPS) is 13.2. The number of carbonyl (C=O) groups excluding carboxylic acids is 1. The summed E-state index contributed by atoms with van der Waals surface area (Å²) in [7, 11) is 0. The number of hydrogen-bond acceptors (Lipinski definition) is 3. The number of rotatable bonds is 20. The van der Waals surface area contributed by atoms with Crippen LogP contribution < -0.4 is 16.8 Å². The van der Waals surface area contributed by atoms with E-state index in [1.54, 1.807) is 18.2 Å². The zero-order chi connectivity index (χ0) is 26.0. The molecule has 0 saturated carbocycles. The first-order valence-electron chi connectivity index (χ1n) is 12.6. The first kappa shape index (κ1) is 31.6. The Kier molecular flexibility index (Phi) is 21.5. The predicted molar refractivity (Wildman–Crippen MR) is 147 cm³/mol. The zero-order valence-corrected chi connectivity index (χ0v) is 21.1. The average Bonchev–Trinajstić information content (AvgIpc) is 2.82. The van der Waals surface area contributed by atoms with E-state index in [1.165, 1.54) is 51.0 Å². The highest BCUT2D eigenvalue weighted by Crippen LogP contribution is 2.08. The summed E-state index contributed by atoms with van der Waals surface area (Å²) < 4.78 is 0. The Morgan fingerprint density at radius 1 is 0.800 bits per heavy atom. The number of nitrogens with one attached hydrogen (secondary N) is 1. The minimum absolute atomic E-state index is 0.0434. The number of nitrogens with two attached hydrogens (primary N) is 2. The van der Waals surface area contributed by atoms with Gasteiger partial charge in [-0.3, -0.25) is 9.79 Å². The zero-order valence-electron chi connectivity index (χ0n) is 21.1. The fourth-order valence-corrected chi connectivity index (χ4v) is 3.03. The van der Waals surface area contributed by atoms with Crippen LogP contribution in [0.2, 0.25) is 0 Å². The van der Waals surface area contributed by atoms with Crippen molar-refractivity contribution in [1.82, 2.24) is 5.32 Å². The van der Waals surface area contributed by atoms with Gasteiger partial charge in [0.25, 0.3) is 0 Å². The van der Waals surface area contributed by atoms with E-state index in [-0.39, 0.29) is 12.4 Å². The van der Waals surface area contributed by atoms with Crippen LogP contribution in [0.4, 0.5) is 0 Å². The highest BCUT2D eigenvalue weighted by molar-refractivity contribution is 5.91. The van der Waals surface area contributed by atoms with Crippen molar-refractivity contribution in [3.8, 4) is 0 Å². The molecule has 0 bridgehead atoms. The number of aliphatic carboxylic acids is 1. The SMILES string of the molecule is CCCCCCCCCC=CC=CC=CC=CC=CC=CC(=O)N[C@@H](CCCN=C(N)N)C(=O)O. The predicted octanol–water partition coefficient (Wildman–Crippen LogP) is 5.09. The number of hydrogen-bond donors (Lipinski definition) is 4. The molecule has 0 unspecified atom stereocenters. The molecule has 0 radical (unpaired) electrons. The van der Waals surface area contributed by atoms with Gasteiger partial charge in [0.2, 0.25) is 5.91 Å². The molecule has 0 aliphatic rings. The molecule has 35 heavy (non-hydrogen) atoms. The van der Waals surface area contributed by atoms with Crippen molar-refractivity contribution >= 4 is 17.8 Å². The lowest BCUT2D eigenvalue weighted by Crippen LogP contribution is -2.40. The lowest BCUT2D eigenvalue weighted by Gasteiger charge is -2.12. The highest BCUT2D eigenvalue weighted by Gasteiger charge is 2.17.